The molecule has 0 radical (unpaired) electrons. The Morgan fingerprint density at radius 2 is 2.24 bits per heavy atom. The maximum Gasteiger partial charge on any atom is 0.243 e. The highest BCUT2D eigenvalue weighted by Crippen LogP contribution is 2.11. The Labute approximate surface area is 105 Å². The molecule has 0 saturated heterocycles. The zero-order valence-corrected chi connectivity index (χ0v) is 10.5. The van der Waals surface area contributed by atoms with Crippen molar-refractivity contribution in [3.8, 4) is 0 Å². The van der Waals surface area contributed by atoms with Crippen molar-refractivity contribution < 1.29 is 0 Å². The fourth-order valence-electron chi connectivity index (χ4n) is 1.52. The molecule has 0 fully saturated rings. The third kappa shape index (κ3) is 3.31. The highest BCUT2D eigenvalue weighted by atomic mass is 35.5. The van der Waals surface area contributed by atoms with Gasteiger partial charge < -0.3 is 10.6 Å². The normalized spacial score (nSPS) is 10.9. The Kier molecular flexibility index (Phi) is 4.17. The number of fused-ring (bicyclic) bond motifs is 1. The third-order valence-electron chi connectivity index (χ3n) is 2.36. The summed E-state index contributed by atoms with van der Waals surface area (Å²) in [5.41, 5.74) is 0.795. The van der Waals surface area contributed by atoms with Crippen LogP contribution in [0, 0.1) is 0 Å². The Bertz CT molecular complexity index is 482. The molecule has 2 heterocycles. The molecule has 0 aromatic carbocycles. The van der Waals surface area contributed by atoms with Gasteiger partial charge in [0.2, 0.25) is 5.95 Å². The van der Waals surface area contributed by atoms with E-state index in [1.165, 1.54) is 0 Å². The zero-order chi connectivity index (χ0) is 12.1. The lowest BCUT2D eigenvalue weighted by Crippen LogP contribution is -2.17. The maximum atomic E-state index is 5.87. The summed E-state index contributed by atoms with van der Waals surface area (Å²) < 4.78 is 1.68. The molecule has 0 aliphatic heterocycles. The summed E-state index contributed by atoms with van der Waals surface area (Å²) in [4.78, 5) is 4.33. The number of aromatic nitrogens is 3. The zero-order valence-electron chi connectivity index (χ0n) is 9.78. The minimum Gasteiger partial charge on any atom is -0.353 e. The van der Waals surface area contributed by atoms with Crippen molar-refractivity contribution in [2.45, 2.75) is 13.3 Å². The van der Waals surface area contributed by atoms with Crippen LogP contribution in [0.25, 0.3) is 5.65 Å². The Balaban J connectivity index is 1.91. The fourth-order valence-corrected chi connectivity index (χ4v) is 1.68. The Morgan fingerprint density at radius 1 is 1.35 bits per heavy atom. The first kappa shape index (κ1) is 12.1. The largest absolute Gasteiger partial charge is 0.353 e. The lowest BCUT2D eigenvalue weighted by atomic mass is 10.4. The topological polar surface area (TPSA) is 54.2 Å². The quantitative estimate of drug-likeness (QED) is 0.771. The molecule has 0 spiro atoms. The molecule has 2 N–H and O–H groups in total. The van der Waals surface area contributed by atoms with Crippen molar-refractivity contribution in [1.82, 2.24) is 19.9 Å². The fraction of sp³-hybridized carbons (Fsp3) is 0.455. The van der Waals surface area contributed by atoms with Crippen LogP contribution >= 0.6 is 11.6 Å². The van der Waals surface area contributed by atoms with Crippen LogP contribution in [-0.2, 0) is 0 Å². The smallest absolute Gasteiger partial charge is 0.243 e. The van der Waals surface area contributed by atoms with Gasteiger partial charge >= 0.3 is 0 Å². The molecule has 6 heteroatoms. The summed E-state index contributed by atoms with van der Waals surface area (Å²) in [6, 6.07) is 3.65. The molecule has 0 aliphatic rings. The lowest BCUT2D eigenvalue weighted by Gasteiger charge is -2.01. The van der Waals surface area contributed by atoms with Gasteiger partial charge in [-0.2, -0.15) is 4.98 Å². The van der Waals surface area contributed by atoms with Gasteiger partial charge in [0.1, 0.15) is 0 Å². The molecule has 5 nitrogen and oxygen atoms in total. The van der Waals surface area contributed by atoms with Crippen LogP contribution in [0.5, 0.6) is 0 Å². The molecule has 2 aromatic rings. The molecular weight excluding hydrogens is 238 g/mol. The first-order valence-electron chi connectivity index (χ1n) is 5.76. The average Bonchev–Trinajstić information content (AvgIpc) is 2.70. The molecule has 0 bridgehead atoms. The molecule has 0 unspecified atom stereocenters. The first-order valence-corrected chi connectivity index (χ1v) is 6.14. The van der Waals surface area contributed by atoms with E-state index >= 15 is 0 Å². The van der Waals surface area contributed by atoms with E-state index in [4.69, 9.17) is 11.6 Å². The number of nitrogens with one attached hydrogen (secondary N) is 2. The summed E-state index contributed by atoms with van der Waals surface area (Å²) in [5, 5.41) is 11.4. The van der Waals surface area contributed by atoms with Crippen LogP contribution in [0.1, 0.15) is 13.3 Å². The highest BCUT2D eigenvalue weighted by molar-refractivity contribution is 6.30. The van der Waals surface area contributed by atoms with Crippen molar-refractivity contribution in [3.63, 3.8) is 0 Å². The van der Waals surface area contributed by atoms with Gasteiger partial charge in [-0.25, -0.2) is 4.52 Å². The second kappa shape index (κ2) is 5.84. The van der Waals surface area contributed by atoms with Gasteiger partial charge in [0.25, 0.3) is 0 Å². The second-order valence-corrected chi connectivity index (χ2v) is 4.16. The second-order valence-electron chi connectivity index (χ2n) is 3.72. The standard InChI is InChI=1S/C11H16ClN5/c1-2-13-6-3-7-14-11-15-10-5-4-9(12)8-17(10)16-11/h4-5,8,13H,2-3,6-7H2,1H3,(H,14,16). The van der Waals surface area contributed by atoms with Crippen molar-refractivity contribution in [2.24, 2.45) is 0 Å². The summed E-state index contributed by atoms with van der Waals surface area (Å²) in [5.74, 6) is 0.642. The van der Waals surface area contributed by atoms with Crippen LogP contribution in [0.15, 0.2) is 18.3 Å². The number of halogens is 1. The van der Waals surface area contributed by atoms with Gasteiger partial charge in [-0.15, -0.1) is 5.10 Å². The number of anilines is 1. The van der Waals surface area contributed by atoms with E-state index in [1.54, 1.807) is 16.8 Å². The molecule has 92 valence electrons. The maximum absolute atomic E-state index is 5.87. The molecule has 0 saturated carbocycles. The number of pyridine rings is 1. The predicted molar refractivity (Wildman–Crippen MR) is 69.6 cm³/mol. The Morgan fingerprint density at radius 3 is 3.06 bits per heavy atom. The third-order valence-corrected chi connectivity index (χ3v) is 2.58. The van der Waals surface area contributed by atoms with E-state index in [0.29, 0.717) is 11.0 Å². The van der Waals surface area contributed by atoms with Gasteiger partial charge in [-0.3, -0.25) is 0 Å². The van der Waals surface area contributed by atoms with Gasteiger partial charge in [-0.05, 0) is 31.6 Å². The summed E-state index contributed by atoms with van der Waals surface area (Å²) >= 11 is 5.87. The molecule has 0 aliphatic carbocycles. The van der Waals surface area contributed by atoms with Crippen molar-refractivity contribution in [2.75, 3.05) is 25.0 Å². The first-order chi connectivity index (χ1) is 8.29. The van der Waals surface area contributed by atoms with Crippen LogP contribution in [-0.4, -0.2) is 34.2 Å². The van der Waals surface area contributed by atoms with E-state index in [9.17, 15) is 0 Å². The van der Waals surface area contributed by atoms with Crippen LogP contribution in [0.4, 0.5) is 5.95 Å². The molecule has 0 amide bonds. The molecule has 17 heavy (non-hydrogen) atoms. The monoisotopic (exact) mass is 253 g/mol. The van der Waals surface area contributed by atoms with Gasteiger partial charge in [0, 0.05) is 12.7 Å². The van der Waals surface area contributed by atoms with E-state index < -0.39 is 0 Å². The lowest BCUT2D eigenvalue weighted by molar-refractivity contribution is 0.687. The van der Waals surface area contributed by atoms with E-state index in [1.807, 2.05) is 6.07 Å². The molecule has 2 rings (SSSR count). The average molecular weight is 254 g/mol. The van der Waals surface area contributed by atoms with Crippen molar-refractivity contribution >= 4 is 23.2 Å². The number of nitrogens with zero attached hydrogens (tertiary/aromatic N) is 3. The number of rotatable bonds is 6. The van der Waals surface area contributed by atoms with Gasteiger partial charge in [-0.1, -0.05) is 18.5 Å². The van der Waals surface area contributed by atoms with E-state index in [-0.39, 0.29) is 0 Å². The highest BCUT2D eigenvalue weighted by Gasteiger charge is 2.02. The van der Waals surface area contributed by atoms with E-state index in [2.05, 4.69) is 27.6 Å². The summed E-state index contributed by atoms with van der Waals surface area (Å²) in [6.45, 7) is 4.96. The summed E-state index contributed by atoms with van der Waals surface area (Å²) in [6.07, 6.45) is 2.79. The van der Waals surface area contributed by atoms with Crippen molar-refractivity contribution in [1.29, 1.82) is 0 Å². The molecular formula is C11H16ClN5. The predicted octanol–water partition coefficient (Wildman–Crippen LogP) is 1.79. The molecule has 2 aromatic heterocycles. The van der Waals surface area contributed by atoms with Crippen LogP contribution < -0.4 is 10.6 Å². The van der Waals surface area contributed by atoms with Crippen LogP contribution in [0.3, 0.4) is 0 Å². The molecule has 0 atom stereocenters. The summed E-state index contributed by atoms with van der Waals surface area (Å²) in [7, 11) is 0. The number of hydrogen-bond donors (Lipinski definition) is 2. The van der Waals surface area contributed by atoms with Crippen molar-refractivity contribution in [3.05, 3.63) is 23.4 Å². The SMILES string of the molecule is CCNCCCNc1nc2ccc(Cl)cn2n1. The van der Waals surface area contributed by atoms with Gasteiger partial charge in [0.15, 0.2) is 5.65 Å². The minimum absolute atomic E-state index is 0.642. The Hall–Kier alpha value is -1.33. The minimum atomic E-state index is 0.642. The van der Waals surface area contributed by atoms with Gasteiger partial charge in [0.05, 0.1) is 5.02 Å². The van der Waals surface area contributed by atoms with Crippen LogP contribution in [0.2, 0.25) is 5.02 Å². The number of hydrogen-bond acceptors (Lipinski definition) is 4. The van der Waals surface area contributed by atoms with E-state index in [0.717, 1.165) is 31.7 Å².